The molecule has 0 spiro atoms. The predicted molar refractivity (Wildman–Crippen MR) is 61.4 cm³/mol. The van der Waals surface area contributed by atoms with Gasteiger partial charge in [0, 0.05) is 29.4 Å². The number of nitrogens with one attached hydrogen (secondary N) is 1. The van der Waals surface area contributed by atoms with Gasteiger partial charge in [-0.15, -0.1) is 11.3 Å². The van der Waals surface area contributed by atoms with Crippen molar-refractivity contribution in [3.63, 3.8) is 0 Å². The van der Waals surface area contributed by atoms with Crippen molar-refractivity contribution in [1.29, 1.82) is 0 Å². The SMILES string of the molecule is O=C1CNCc2sc(-c3cccnc3)nc21. The van der Waals surface area contributed by atoms with Crippen LogP contribution in [-0.4, -0.2) is 22.3 Å². The molecule has 1 aliphatic heterocycles. The van der Waals surface area contributed by atoms with Gasteiger partial charge in [-0.3, -0.25) is 9.78 Å². The third kappa shape index (κ3) is 1.54. The molecule has 0 aromatic carbocycles. The molecule has 0 amide bonds. The molecule has 16 heavy (non-hydrogen) atoms. The van der Waals surface area contributed by atoms with Gasteiger partial charge in [0.15, 0.2) is 5.78 Å². The summed E-state index contributed by atoms with van der Waals surface area (Å²) in [6, 6.07) is 3.82. The Hall–Kier alpha value is -1.59. The lowest BCUT2D eigenvalue weighted by Crippen LogP contribution is -2.28. The van der Waals surface area contributed by atoms with Gasteiger partial charge in [-0.25, -0.2) is 4.98 Å². The van der Waals surface area contributed by atoms with Gasteiger partial charge < -0.3 is 5.32 Å². The Bertz CT molecular complexity index is 535. The summed E-state index contributed by atoms with van der Waals surface area (Å²) < 4.78 is 0. The number of ketones is 1. The quantitative estimate of drug-likeness (QED) is 0.808. The Balaban J connectivity index is 2.08. The summed E-state index contributed by atoms with van der Waals surface area (Å²) in [5, 5.41) is 3.93. The summed E-state index contributed by atoms with van der Waals surface area (Å²) in [4.78, 5) is 21.1. The Kier molecular flexibility index (Phi) is 2.27. The van der Waals surface area contributed by atoms with Crippen LogP contribution in [0.3, 0.4) is 0 Å². The molecular weight excluding hydrogens is 222 g/mol. The van der Waals surface area contributed by atoms with Gasteiger partial charge in [0.25, 0.3) is 0 Å². The van der Waals surface area contributed by atoms with E-state index in [1.807, 2.05) is 12.1 Å². The highest BCUT2D eigenvalue weighted by Crippen LogP contribution is 2.28. The third-order valence-electron chi connectivity index (χ3n) is 2.44. The fraction of sp³-hybridized carbons (Fsp3) is 0.182. The van der Waals surface area contributed by atoms with Gasteiger partial charge in [0.2, 0.25) is 0 Å². The van der Waals surface area contributed by atoms with E-state index in [-0.39, 0.29) is 5.78 Å². The van der Waals surface area contributed by atoms with Crippen molar-refractivity contribution in [3.8, 4) is 10.6 Å². The van der Waals surface area contributed by atoms with E-state index in [2.05, 4.69) is 15.3 Å². The van der Waals surface area contributed by atoms with Gasteiger partial charge in [0.05, 0.1) is 6.54 Å². The Morgan fingerprint density at radius 3 is 3.06 bits per heavy atom. The van der Waals surface area contributed by atoms with E-state index in [0.29, 0.717) is 12.2 Å². The van der Waals surface area contributed by atoms with Crippen LogP contribution in [0.25, 0.3) is 10.6 Å². The predicted octanol–water partition coefficient (Wildman–Crippen LogP) is 1.49. The summed E-state index contributed by atoms with van der Waals surface area (Å²) in [5.74, 6) is 0.0765. The number of carbonyl (C=O) groups is 1. The number of Topliss-reactive ketones (excluding diaryl/α,β-unsaturated/α-hetero) is 1. The van der Waals surface area contributed by atoms with Gasteiger partial charge in [-0.2, -0.15) is 0 Å². The molecule has 2 aromatic rings. The topological polar surface area (TPSA) is 54.9 Å². The van der Waals surface area contributed by atoms with E-state index in [4.69, 9.17) is 0 Å². The monoisotopic (exact) mass is 231 g/mol. The van der Waals surface area contributed by atoms with Crippen LogP contribution in [0, 0.1) is 0 Å². The molecule has 0 radical (unpaired) electrons. The fourth-order valence-corrected chi connectivity index (χ4v) is 2.71. The first kappa shape index (κ1) is 9.62. The molecule has 0 atom stereocenters. The molecule has 1 N–H and O–H groups in total. The van der Waals surface area contributed by atoms with E-state index >= 15 is 0 Å². The summed E-state index contributed by atoms with van der Waals surface area (Å²) in [6.07, 6.45) is 3.49. The third-order valence-corrected chi connectivity index (χ3v) is 3.55. The van der Waals surface area contributed by atoms with E-state index in [1.54, 1.807) is 23.7 Å². The van der Waals surface area contributed by atoms with Crippen molar-refractivity contribution >= 4 is 17.1 Å². The standard InChI is InChI=1S/C11H9N3OS/c15-8-5-13-6-9-10(8)14-11(16-9)7-2-1-3-12-4-7/h1-4,13H,5-6H2. The molecule has 3 rings (SSSR count). The lowest BCUT2D eigenvalue weighted by molar-refractivity contribution is 0.0978. The minimum Gasteiger partial charge on any atom is -0.305 e. The normalized spacial score (nSPS) is 14.9. The largest absolute Gasteiger partial charge is 0.305 e. The summed E-state index contributed by atoms with van der Waals surface area (Å²) >= 11 is 1.56. The molecule has 3 heterocycles. The lowest BCUT2D eigenvalue weighted by atomic mass is 10.2. The Labute approximate surface area is 96.4 Å². The molecule has 0 saturated carbocycles. The number of fused-ring (bicyclic) bond motifs is 1. The minimum absolute atomic E-state index is 0.0765. The molecule has 0 fully saturated rings. The van der Waals surface area contributed by atoms with E-state index in [1.165, 1.54) is 0 Å². The molecule has 80 valence electrons. The average Bonchev–Trinajstić information content (AvgIpc) is 2.76. The van der Waals surface area contributed by atoms with E-state index in [9.17, 15) is 4.79 Å². The minimum atomic E-state index is 0.0765. The van der Waals surface area contributed by atoms with Crippen LogP contribution in [0.5, 0.6) is 0 Å². The van der Waals surface area contributed by atoms with E-state index < -0.39 is 0 Å². The van der Waals surface area contributed by atoms with Crippen molar-refractivity contribution < 1.29 is 4.79 Å². The molecule has 0 saturated heterocycles. The van der Waals surface area contributed by atoms with Gasteiger partial charge >= 0.3 is 0 Å². The summed E-state index contributed by atoms with van der Waals surface area (Å²) in [6.45, 7) is 1.13. The Morgan fingerprint density at radius 2 is 2.31 bits per heavy atom. The van der Waals surface area contributed by atoms with Crippen LogP contribution in [0.4, 0.5) is 0 Å². The second-order valence-corrected chi connectivity index (χ2v) is 4.64. The van der Waals surface area contributed by atoms with Crippen molar-refractivity contribution in [3.05, 3.63) is 35.1 Å². The number of hydrogen-bond donors (Lipinski definition) is 1. The number of rotatable bonds is 1. The second-order valence-electron chi connectivity index (χ2n) is 3.56. The first-order valence-electron chi connectivity index (χ1n) is 4.98. The fourth-order valence-electron chi connectivity index (χ4n) is 1.68. The van der Waals surface area contributed by atoms with Crippen LogP contribution < -0.4 is 5.32 Å². The maximum Gasteiger partial charge on any atom is 0.196 e. The smallest absolute Gasteiger partial charge is 0.196 e. The Morgan fingerprint density at radius 1 is 1.38 bits per heavy atom. The molecule has 1 aliphatic rings. The maximum absolute atomic E-state index is 11.6. The highest BCUT2D eigenvalue weighted by Gasteiger charge is 2.22. The van der Waals surface area contributed by atoms with Gasteiger partial charge in [0.1, 0.15) is 10.7 Å². The van der Waals surface area contributed by atoms with Crippen LogP contribution >= 0.6 is 11.3 Å². The summed E-state index contributed by atoms with van der Waals surface area (Å²) in [5.41, 5.74) is 1.59. The number of nitrogens with zero attached hydrogens (tertiary/aromatic N) is 2. The highest BCUT2D eigenvalue weighted by molar-refractivity contribution is 7.15. The first-order chi connectivity index (χ1) is 7.84. The van der Waals surface area contributed by atoms with Crippen LogP contribution in [-0.2, 0) is 6.54 Å². The van der Waals surface area contributed by atoms with Crippen molar-refractivity contribution in [2.24, 2.45) is 0 Å². The average molecular weight is 231 g/mol. The van der Waals surface area contributed by atoms with Crippen molar-refractivity contribution in [2.45, 2.75) is 6.54 Å². The molecule has 4 nitrogen and oxygen atoms in total. The van der Waals surface area contributed by atoms with Crippen LogP contribution in [0.15, 0.2) is 24.5 Å². The number of carbonyl (C=O) groups excluding carboxylic acids is 1. The molecule has 0 bridgehead atoms. The zero-order valence-electron chi connectivity index (χ0n) is 8.43. The molecular formula is C11H9N3OS. The van der Waals surface area contributed by atoms with Crippen molar-refractivity contribution in [1.82, 2.24) is 15.3 Å². The maximum atomic E-state index is 11.6. The highest BCUT2D eigenvalue weighted by atomic mass is 32.1. The summed E-state index contributed by atoms with van der Waals surface area (Å²) in [7, 11) is 0. The van der Waals surface area contributed by atoms with E-state index in [0.717, 1.165) is 22.0 Å². The van der Waals surface area contributed by atoms with Gasteiger partial charge in [-0.1, -0.05) is 0 Å². The van der Waals surface area contributed by atoms with Crippen molar-refractivity contribution in [2.75, 3.05) is 6.54 Å². The number of pyridine rings is 1. The lowest BCUT2D eigenvalue weighted by Gasteiger charge is -2.08. The number of hydrogen-bond acceptors (Lipinski definition) is 5. The molecule has 0 unspecified atom stereocenters. The number of thiazole rings is 1. The number of aromatic nitrogens is 2. The molecule has 5 heteroatoms. The first-order valence-corrected chi connectivity index (χ1v) is 5.80. The molecule has 2 aromatic heterocycles. The van der Waals surface area contributed by atoms with Crippen LogP contribution in [0.2, 0.25) is 0 Å². The van der Waals surface area contributed by atoms with Gasteiger partial charge in [-0.05, 0) is 12.1 Å². The zero-order chi connectivity index (χ0) is 11.0. The second kappa shape index (κ2) is 3.77. The molecule has 0 aliphatic carbocycles. The van der Waals surface area contributed by atoms with Crippen LogP contribution in [0.1, 0.15) is 15.4 Å². The zero-order valence-corrected chi connectivity index (χ0v) is 9.25.